The molecular formula is C28H39NO4. The number of carbonyl (C=O) groups is 2. The number of carbonyl (C=O) groups excluding carboxylic acids is 2. The van der Waals surface area contributed by atoms with Crippen LogP contribution in [0.1, 0.15) is 81.4 Å². The van der Waals surface area contributed by atoms with Crippen LogP contribution in [0, 0.1) is 23.2 Å². The summed E-state index contributed by atoms with van der Waals surface area (Å²) in [5, 5.41) is 10.4. The lowest BCUT2D eigenvalue weighted by atomic mass is 9.54. The number of benzene rings is 1. The molecule has 5 atom stereocenters. The minimum atomic E-state index is -0.192. The first kappa shape index (κ1) is 22.9. The molecule has 4 aliphatic rings. The van der Waals surface area contributed by atoms with Gasteiger partial charge in [-0.15, -0.1) is 0 Å². The third-order valence-electron chi connectivity index (χ3n) is 9.48. The number of amides is 1. The number of ether oxygens (including phenoxy) is 1. The predicted octanol–water partition coefficient (Wildman–Crippen LogP) is 4.64. The Morgan fingerprint density at radius 1 is 1.24 bits per heavy atom. The first-order valence-electron chi connectivity index (χ1n) is 13.2. The van der Waals surface area contributed by atoms with Crippen molar-refractivity contribution < 1.29 is 19.4 Å². The maximum Gasteiger partial charge on any atom is 0.222 e. The van der Waals surface area contributed by atoms with Crippen molar-refractivity contribution in [3.05, 3.63) is 28.8 Å². The van der Waals surface area contributed by atoms with Crippen molar-refractivity contribution >= 4 is 11.7 Å². The largest absolute Gasteiger partial charge is 0.508 e. The van der Waals surface area contributed by atoms with E-state index >= 15 is 0 Å². The van der Waals surface area contributed by atoms with Gasteiger partial charge in [-0.25, -0.2) is 0 Å². The van der Waals surface area contributed by atoms with Crippen molar-refractivity contribution in [3.8, 4) is 5.75 Å². The summed E-state index contributed by atoms with van der Waals surface area (Å²) in [4.78, 5) is 27.8. The van der Waals surface area contributed by atoms with Gasteiger partial charge in [-0.1, -0.05) is 19.9 Å². The van der Waals surface area contributed by atoms with E-state index in [1.807, 2.05) is 11.0 Å². The minimum absolute atomic E-state index is 0.192. The lowest BCUT2D eigenvalue weighted by Gasteiger charge is -2.50. The Morgan fingerprint density at radius 2 is 2.03 bits per heavy atom. The van der Waals surface area contributed by atoms with Crippen LogP contribution >= 0.6 is 0 Å². The summed E-state index contributed by atoms with van der Waals surface area (Å²) in [5.41, 5.74) is 3.60. The summed E-state index contributed by atoms with van der Waals surface area (Å²) in [6.45, 7) is 7.04. The SMILES string of the molecule is CCc1cc2c(cc1O)CC[C@H]1[C@@H]3[C@H](CCCC(=O)N4CCOCC4)CC(=O)[C@@]3(C)CC[C@H]21. The average molecular weight is 454 g/mol. The predicted molar refractivity (Wildman–Crippen MR) is 127 cm³/mol. The molecule has 3 aliphatic carbocycles. The second-order valence-electron chi connectivity index (χ2n) is 11.1. The van der Waals surface area contributed by atoms with Crippen LogP contribution in [0.5, 0.6) is 5.75 Å². The number of phenols is 1. The highest BCUT2D eigenvalue weighted by atomic mass is 16.5. The summed E-state index contributed by atoms with van der Waals surface area (Å²) in [5.74, 6) is 3.00. The van der Waals surface area contributed by atoms with E-state index in [-0.39, 0.29) is 11.3 Å². The fraction of sp³-hybridized carbons (Fsp3) is 0.714. The molecule has 2 saturated carbocycles. The molecule has 0 radical (unpaired) electrons. The molecule has 0 unspecified atom stereocenters. The van der Waals surface area contributed by atoms with Crippen LogP contribution in [-0.4, -0.2) is 48.0 Å². The zero-order chi connectivity index (χ0) is 23.2. The van der Waals surface area contributed by atoms with Crippen molar-refractivity contribution in [2.24, 2.45) is 23.2 Å². The van der Waals surface area contributed by atoms with Gasteiger partial charge in [0.2, 0.25) is 5.91 Å². The van der Waals surface area contributed by atoms with Gasteiger partial charge in [-0.3, -0.25) is 9.59 Å². The van der Waals surface area contributed by atoms with Crippen LogP contribution < -0.4 is 0 Å². The van der Waals surface area contributed by atoms with Crippen LogP contribution in [0.25, 0.3) is 0 Å². The zero-order valence-electron chi connectivity index (χ0n) is 20.3. The summed E-state index contributed by atoms with van der Waals surface area (Å²) in [6.07, 6.45) is 8.14. The number of ketones is 1. The van der Waals surface area contributed by atoms with Gasteiger partial charge in [0, 0.05) is 31.3 Å². The first-order chi connectivity index (χ1) is 15.9. The monoisotopic (exact) mass is 453 g/mol. The molecule has 33 heavy (non-hydrogen) atoms. The van der Waals surface area contributed by atoms with E-state index in [0.29, 0.717) is 74.3 Å². The third kappa shape index (κ3) is 4.00. The molecule has 1 heterocycles. The molecule has 1 aromatic carbocycles. The minimum Gasteiger partial charge on any atom is -0.508 e. The molecule has 1 aromatic rings. The van der Waals surface area contributed by atoms with Gasteiger partial charge >= 0.3 is 0 Å². The van der Waals surface area contributed by atoms with Gasteiger partial charge in [0.05, 0.1) is 13.2 Å². The van der Waals surface area contributed by atoms with E-state index in [1.165, 1.54) is 11.1 Å². The number of phenolic OH excluding ortho intramolecular Hbond substituents is 1. The Kier molecular flexibility index (Phi) is 6.28. The average Bonchev–Trinajstić information content (AvgIpc) is 3.08. The number of rotatable bonds is 5. The quantitative estimate of drug-likeness (QED) is 0.706. The van der Waals surface area contributed by atoms with E-state index < -0.39 is 0 Å². The summed E-state index contributed by atoms with van der Waals surface area (Å²) >= 11 is 0. The number of nitrogens with zero attached hydrogens (tertiary/aromatic N) is 1. The molecule has 3 fully saturated rings. The van der Waals surface area contributed by atoms with Crippen LogP contribution in [0.2, 0.25) is 0 Å². The molecule has 1 N–H and O–H groups in total. The zero-order valence-corrected chi connectivity index (χ0v) is 20.3. The highest BCUT2D eigenvalue weighted by Gasteiger charge is 2.58. The molecule has 1 saturated heterocycles. The Balaban J connectivity index is 1.32. The van der Waals surface area contributed by atoms with Crippen LogP contribution in [0.15, 0.2) is 12.1 Å². The standard InChI is InChI=1S/C28H39NO4/c1-3-18-15-23-19(16-24(18)30)7-8-22-21(23)9-10-28(2)25(31)17-20(27(22)28)5-4-6-26(32)29-11-13-33-14-12-29/h15-16,20-22,27,30H,3-14,17H2,1-2H3/t20-,21+,22-,27+,28-/m1/s1. The molecule has 1 aliphatic heterocycles. The molecule has 5 heteroatoms. The van der Waals surface area contributed by atoms with E-state index in [4.69, 9.17) is 4.74 Å². The van der Waals surface area contributed by atoms with Crippen molar-refractivity contribution in [2.45, 2.75) is 77.6 Å². The summed E-state index contributed by atoms with van der Waals surface area (Å²) < 4.78 is 5.37. The number of hydrogen-bond acceptors (Lipinski definition) is 4. The summed E-state index contributed by atoms with van der Waals surface area (Å²) in [7, 11) is 0. The Bertz CT molecular complexity index is 921. The van der Waals surface area contributed by atoms with Gasteiger partial charge in [-0.05, 0) is 91.4 Å². The van der Waals surface area contributed by atoms with Gasteiger partial charge in [0.15, 0.2) is 0 Å². The summed E-state index contributed by atoms with van der Waals surface area (Å²) in [6, 6.07) is 4.27. The molecule has 0 spiro atoms. The number of fused-ring (bicyclic) bond motifs is 5. The highest BCUT2D eigenvalue weighted by Crippen LogP contribution is 2.62. The van der Waals surface area contributed by atoms with Gasteiger partial charge in [0.25, 0.3) is 0 Å². The van der Waals surface area contributed by atoms with E-state index in [9.17, 15) is 14.7 Å². The second-order valence-corrected chi connectivity index (χ2v) is 11.1. The Labute approximate surface area is 197 Å². The molecule has 5 nitrogen and oxygen atoms in total. The molecule has 5 rings (SSSR count). The molecule has 0 aromatic heterocycles. The van der Waals surface area contributed by atoms with Gasteiger partial charge in [0.1, 0.15) is 11.5 Å². The van der Waals surface area contributed by atoms with Crippen molar-refractivity contribution in [1.82, 2.24) is 4.90 Å². The van der Waals surface area contributed by atoms with Crippen LogP contribution in [0.4, 0.5) is 0 Å². The molecule has 1 amide bonds. The lowest BCUT2D eigenvalue weighted by molar-refractivity contribution is -0.135. The lowest BCUT2D eigenvalue weighted by Crippen LogP contribution is -2.44. The van der Waals surface area contributed by atoms with Crippen molar-refractivity contribution in [2.75, 3.05) is 26.3 Å². The molecule has 180 valence electrons. The smallest absolute Gasteiger partial charge is 0.222 e. The van der Waals surface area contributed by atoms with Crippen molar-refractivity contribution in [3.63, 3.8) is 0 Å². The Hall–Kier alpha value is -1.88. The molecule has 0 bridgehead atoms. The topological polar surface area (TPSA) is 66.8 Å². The van der Waals surface area contributed by atoms with E-state index in [1.54, 1.807) is 0 Å². The fourth-order valence-electron chi connectivity index (χ4n) is 7.75. The maximum absolute atomic E-state index is 13.2. The second kappa shape index (κ2) is 9.05. The first-order valence-corrected chi connectivity index (χ1v) is 13.2. The number of aromatic hydroxyl groups is 1. The Morgan fingerprint density at radius 3 is 2.79 bits per heavy atom. The third-order valence-corrected chi connectivity index (χ3v) is 9.48. The number of Topliss-reactive ketones (excluding diaryl/α,β-unsaturated/α-hetero) is 1. The van der Waals surface area contributed by atoms with Crippen LogP contribution in [-0.2, 0) is 27.2 Å². The maximum atomic E-state index is 13.2. The number of morpholine rings is 1. The van der Waals surface area contributed by atoms with E-state index in [2.05, 4.69) is 19.9 Å². The van der Waals surface area contributed by atoms with Gasteiger partial charge < -0.3 is 14.7 Å². The van der Waals surface area contributed by atoms with Gasteiger partial charge in [-0.2, -0.15) is 0 Å². The normalized spacial score (nSPS) is 33.4. The van der Waals surface area contributed by atoms with E-state index in [0.717, 1.165) is 50.5 Å². The number of aryl methyl sites for hydroxylation is 2. The highest BCUT2D eigenvalue weighted by molar-refractivity contribution is 5.87. The van der Waals surface area contributed by atoms with Crippen LogP contribution in [0.3, 0.4) is 0 Å². The van der Waals surface area contributed by atoms with Crippen molar-refractivity contribution in [1.29, 1.82) is 0 Å². The fourth-order valence-corrected chi connectivity index (χ4v) is 7.75. The molecular weight excluding hydrogens is 414 g/mol. The number of hydrogen-bond donors (Lipinski definition) is 1.